The van der Waals surface area contributed by atoms with Crippen molar-refractivity contribution in [2.24, 2.45) is 0 Å². The van der Waals surface area contributed by atoms with Crippen LogP contribution in [0.4, 0.5) is 0 Å². The van der Waals surface area contributed by atoms with E-state index in [4.69, 9.17) is 13.9 Å². The summed E-state index contributed by atoms with van der Waals surface area (Å²) in [6.07, 6.45) is 2.32. The molecule has 1 aliphatic rings. The van der Waals surface area contributed by atoms with Crippen molar-refractivity contribution in [2.75, 3.05) is 33.9 Å². The minimum atomic E-state index is 0.0648. The third-order valence-corrected chi connectivity index (χ3v) is 5.00. The van der Waals surface area contributed by atoms with E-state index >= 15 is 0 Å². The average Bonchev–Trinajstić information content (AvgIpc) is 3.33. The van der Waals surface area contributed by atoms with Gasteiger partial charge in [0.2, 0.25) is 5.91 Å². The largest absolute Gasteiger partial charge is 0.497 e. The highest BCUT2D eigenvalue weighted by Gasteiger charge is 2.22. The molecule has 1 aromatic carbocycles. The lowest BCUT2D eigenvalue weighted by atomic mass is 10.1. The fraction of sp³-hybridized carbons (Fsp3) is 0.500. The van der Waals surface area contributed by atoms with E-state index in [-0.39, 0.29) is 12.0 Å². The molecule has 152 valence electrons. The van der Waals surface area contributed by atoms with Gasteiger partial charge < -0.3 is 18.8 Å². The number of furan rings is 1. The second kappa shape index (κ2) is 9.75. The Bertz CT molecular complexity index is 767. The molecule has 3 rings (SSSR count). The van der Waals surface area contributed by atoms with Crippen molar-refractivity contribution in [1.29, 1.82) is 0 Å². The fourth-order valence-corrected chi connectivity index (χ4v) is 3.49. The molecule has 1 aliphatic heterocycles. The first-order chi connectivity index (χ1) is 13.5. The van der Waals surface area contributed by atoms with Crippen LogP contribution in [0.1, 0.15) is 29.9 Å². The Morgan fingerprint density at radius 3 is 2.79 bits per heavy atom. The second-order valence-electron chi connectivity index (χ2n) is 7.42. The van der Waals surface area contributed by atoms with Crippen molar-refractivity contribution in [3.05, 3.63) is 53.5 Å². The molecule has 1 saturated heterocycles. The van der Waals surface area contributed by atoms with Crippen LogP contribution in [0.2, 0.25) is 0 Å². The maximum absolute atomic E-state index is 12.8. The molecule has 0 saturated carbocycles. The fourth-order valence-electron chi connectivity index (χ4n) is 3.49. The third-order valence-electron chi connectivity index (χ3n) is 5.00. The van der Waals surface area contributed by atoms with Crippen LogP contribution in [0.25, 0.3) is 0 Å². The Morgan fingerprint density at radius 2 is 2.11 bits per heavy atom. The Balaban J connectivity index is 1.63. The van der Waals surface area contributed by atoms with Gasteiger partial charge in [-0.05, 0) is 49.6 Å². The average molecular weight is 386 g/mol. The predicted octanol–water partition coefficient (Wildman–Crippen LogP) is 3.24. The molecule has 0 N–H and O–H groups in total. The van der Waals surface area contributed by atoms with Crippen LogP contribution in [0, 0.1) is 6.92 Å². The molecule has 0 radical (unpaired) electrons. The third kappa shape index (κ3) is 5.84. The van der Waals surface area contributed by atoms with E-state index in [2.05, 4.69) is 11.0 Å². The van der Waals surface area contributed by atoms with Crippen molar-refractivity contribution in [2.45, 2.75) is 39.0 Å². The van der Waals surface area contributed by atoms with E-state index in [1.54, 1.807) is 12.0 Å². The van der Waals surface area contributed by atoms with E-state index in [0.717, 1.165) is 48.8 Å². The van der Waals surface area contributed by atoms with Crippen LogP contribution >= 0.6 is 0 Å². The van der Waals surface area contributed by atoms with Gasteiger partial charge in [-0.1, -0.05) is 12.1 Å². The number of amides is 1. The summed E-state index contributed by atoms with van der Waals surface area (Å²) in [5.74, 6) is 2.54. The van der Waals surface area contributed by atoms with Crippen molar-refractivity contribution in [1.82, 2.24) is 9.80 Å². The molecule has 1 atom stereocenters. The predicted molar refractivity (Wildman–Crippen MR) is 107 cm³/mol. The van der Waals surface area contributed by atoms with E-state index in [1.165, 1.54) is 0 Å². The van der Waals surface area contributed by atoms with Gasteiger partial charge in [0.15, 0.2) is 0 Å². The first-order valence-corrected chi connectivity index (χ1v) is 9.79. The van der Waals surface area contributed by atoms with Crippen molar-refractivity contribution < 1.29 is 18.7 Å². The monoisotopic (exact) mass is 386 g/mol. The molecular formula is C22H30N2O4. The molecule has 28 heavy (non-hydrogen) atoms. The van der Waals surface area contributed by atoms with Gasteiger partial charge in [-0.15, -0.1) is 0 Å². The summed E-state index contributed by atoms with van der Waals surface area (Å²) in [5, 5.41) is 0. The lowest BCUT2D eigenvalue weighted by molar-refractivity contribution is -0.132. The van der Waals surface area contributed by atoms with E-state index < -0.39 is 0 Å². The van der Waals surface area contributed by atoms with Gasteiger partial charge in [0.1, 0.15) is 17.3 Å². The van der Waals surface area contributed by atoms with Gasteiger partial charge in [0.25, 0.3) is 0 Å². The molecule has 0 aliphatic carbocycles. The molecule has 0 bridgehead atoms. The molecule has 2 aromatic rings. The van der Waals surface area contributed by atoms with Crippen LogP contribution in [0.15, 0.2) is 40.8 Å². The quantitative estimate of drug-likeness (QED) is 0.662. The Hall–Kier alpha value is -2.31. The summed E-state index contributed by atoms with van der Waals surface area (Å²) in [5.41, 5.74) is 1.12. The van der Waals surface area contributed by atoms with Gasteiger partial charge in [0.05, 0.1) is 26.3 Å². The smallest absolute Gasteiger partial charge is 0.236 e. The summed E-state index contributed by atoms with van der Waals surface area (Å²) in [6, 6.07) is 11.8. The lowest BCUT2D eigenvalue weighted by Crippen LogP contribution is -2.41. The zero-order valence-corrected chi connectivity index (χ0v) is 17.0. The van der Waals surface area contributed by atoms with Crippen LogP contribution in [0.5, 0.6) is 5.75 Å². The number of methoxy groups -OCH3 is 1. The maximum Gasteiger partial charge on any atom is 0.236 e. The first-order valence-electron chi connectivity index (χ1n) is 9.79. The van der Waals surface area contributed by atoms with Crippen LogP contribution in [0.3, 0.4) is 0 Å². The number of aryl methyl sites for hydroxylation is 1. The number of nitrogens with zero attached hydrogens (tertiary/aromatic N) is 2. The Morgan fingerprint density at radius 1 is 1.25 bits per heavy atom. The molecule has 1 unspecified atom stereocenters. The van der Waals surface area contributed by atoms with Crippen LogP contribution < -0.4 is 4.74 Å². The minimum absolute atomic E-state index is 0.0648. The molecule has 1 amide bonds. The minimum Gasteiger partial charge on any atom is -0.497 e. The van der Waals surface area contributed by atoms with E-state index in [9.17, 15) is 4.79 Å². The van der Waals surface area contributed by atoms with Gasteiger partial charge in [-0.2, -0.15) is 0 Å². The van der Waals surface area contributed by atoms with Crippen molar-refractivity contribution in [3.8, 4) is 5.75 Å². The van der Waals surface area contributed by atoms with Crippen molar-refractivity contribution >= 4 is 5.91 Å². The van der Waals surface area contributed by atoms with E-state index in [0.29, 0.717) is 19.6 Å². The summed E-state index contributed by atoms with van der Waals surface area (Å²) in [6.45, 7) is 4.95. The molecule has 6 heteroatoms. The number of benzene rings is 1. The molecule has 6 nitrogen and oxygen atoms in total. The first kappa shape index (κ1) is 20.4. The highest BCUT2D eigenvalue weighted by atomic mass is 16.5. The SMILES string of the molecule is COc1cccc(CN(CC(=O)N(C)Cc2ccc(C)o2)CC2CCCO2)c1. The number of carbonyl (C=O) groups excluding carboxylic acids is 1. The number of hydrogen-bond donors (Lipinski definition) is 0. The number of rotatable bonds is 9. The summed E-state index contributed by atoms with van der Waals surface area (Å²) >= 11 is 0. The van der Waals surface area contributed by atoms with E-state index in [1.807, 2.05) is 44.3 Å². The standard InChI is InChI=1S/C22H30N2O4/c1-17-9-10-21(28-17)14-23(2)22(25)16-24(15-20-8-5-11-27-20)13-18-6-4-7-19(12-18)26-3/h4,6-7,9-10,12,20H,5,8,11,13-16H2,1-3H3. The summed E-state index contributed by atoms with van der Waals surface area (Å²) < 4.78 is 16.7. The summed E-state index contributed by atoms with van der Waals surface area (Å²) in [4.78, 5) is 16.7. The van der Waals surface area contributed by atoms with Crippen molar-refractivity contribution in [3.63, 3.8) is 0 Å². The Kier molecular flexibility index (Phi) is 7.12. The highest BCUT2D eigenvalue weighted by Crippen LogP contribution is 2.18. The summed E-state index contributed by atoms with van der Waals surface area (Å²) in [7, 11) is 3.48. The number of likely N-dealkylation sites (N-methyl/N-ethyl adjacent to an activating group) is 1. The highest BCUT2D eigenvalue weighted by molar-refractivity contribution is 5.77. The van der Waals surface area contributed by atoms with Crippen LogP contribution in [-0.4, -0.2) is 55.7 Å². The number of hydrogen-bond acceptors (Lipinski definition) is 5. The lowest BCUT2D eigenvalue weighted by Gasteiger charge is -2.27. The number of carbonyl (C=O) groups is 1. The van der Waals surface area contributed by atoms with Gasteiger partial charge in [-0.25, -0.2) is 0 Å². The Labute approximate surface area is 167 Å². The zero-order chi connectivity index (χ0) is 19.9. The molecule has 2 heterocycles. The van der Waals surface area contributed by atoms with Crippen LogP contribution in [-0.2, 0) is 22.6 Å². The van der Waals surface area contributed by atoms with Gasteiger partial charge in [-0.3, -0.25) is 9.69 Å². The van der Waals surface area contributed by atoms with Gasteiger partial charge >= 0.3 is 0 Å². The maximum atomic E-state index is 12.8. The molecular weight excluding hydrogens is 356 g/mol. The number of ether oxygens (including phenoxy) is 2. The molecule has 0 spiro atoms. The van der Waals surface area contributed by atoms with Gasteiger partial charge in [0, 0.05) is 26.7 Å². The second-order valence-corrected chi connectivity index (χ2v) is 7.42. The topological polar surface area (TPSA) is 55.2 Å². The molecule has 1 aromatic heterocycles. The molecule has 1 fully saturated rings. The normalized spacial score (nSPS) is 16.5. The zero-order valence-electron chi connectivity index (χ0n) is 17.0.